The van der Waals surface area contributed by atoms with Crippen LogP contribution in [0.3, 0.4) is 0 Å². The monoisotopic (exact) mass is 427 g/mol. The van der Waals surface area contributed by atoms with E-state index < -0.39 is 11.5 Å². The summed E-state index contributed by atoms with van der Waals surface area (Å²) in [5.41, 5.74) is 7.18. The second-order valence-corrected chi connectivity index (χ2v) is 8.54. The van der Waals surface area contributed by atoms with Crippen LogP contribution in [-0.2, 0) is 0 Å². The first kappa shape index (κ1) is 22.4. The molecule has 0 aliphatic heterocycles. The lowest BCUT2D eigenvalue weighted by molar-refractivity contribution is -0.894. The largest absolute Gasteiger partial charge is 0.390 e. The van der Waals surface area contributed by atoms with Gasteiger partial charge in [0.25, 0.3) is 5.91 Å². The third-order valence-corrected chi connectivity index (χ3v) is 5.66. The summed E-state index contributed by atoms with van der Waals surface area (Å²) in [6.07, 6.45) is 8.36. The maximum atomic E-state index is 12.8. The van der Waals surface area contributed by atoms with Gasteiger partial charge in [0.15, 0.2) is 0 Å². The van der Waals surface area contributed by atoms with Gasteiger partial charge in [0.2, 0.25) is 5.69 Å². The molecule has 7 N–H and O–H groups in total. The number of hydrogen-bond donors (Lipinski definition) is 6. The number of pyridine rings is 1. The van der Waals surface area contributed by atoms with Gasteiger partial charge in [0.1, 0.15) is 0 Å². The number of nitrogens with zero attached hydrogens (tertiary/aromatic N) is 2. The fourth-order valence-corrected chi connectivity index (χ4v) is 3.68. The van der Waals surface area contributed by atoms with Crippen molar-refractivity contribution in [2.75, 3.05) is 19.8 Å². The molecule has 1 fully saturated rings. The van der Waals surface area contributed by atoms with Crippen LogP contribution in [0.5, 0.6) is 0 Å². The van der Waals surface area contributed by atoms with Crippen LogP contribution in [0.25, 0.3) is 0 Å². The minimum Gasteiger partial charge on any atom is -0.390 e. The van der Waals surface area contributed by atoms with Crippen LogP contribution < -0.4 is 21.1 Å². The van der Waals surface area contributed by atoms with E-state index in [-0.39, 0.29) is 17.6 Å². The molecule has 1 amide bonds. The number of nitrogen functional groups attached to an aromatic ring is 1. The third-order valence-electron chi connectivity index (χ3n) is 5.66. The van der Waals surface area contributed by atoms with Gasteiger partial charge in [-0.1, -0.05) is 0 Å². The van der Waals surface area contributed by atoms with Crippen LogP contribution in [0.2, 0.25) is 0 Å². The van der Waals surface area contributed by atoms with Gasteiger partial charge >= 0.3 is 5.82 Å². The van der Waals surface area contributed by atoms with Gasteiger partial charge in [-0.2, -0.15) is 0 Å². The van der Waals surface area contributed by atoms with Gasteiger partial charge in [-0.15, -0.1) is 0 Å². The van der Waals surface area contributed by atoms with E-state index in [9.17, 15) is 15.1 Å². The molecule has 2 aliphatic rings. The Morgan fingerprint density at radius 1 is 1.32 bits per heavy atom. The zero-order valence-corrected chi connectivity index (χ0v) is 18.1. The number of nitrogens with two attached hydrogens (primary N) is 1. The Balaban J connectivity index is 1.80. The van der Waals surface area contributed by atoms with E-state index in [1.54, 1.807) is 29.3 Å². The van der Waals surface area contributed by atoms with Crippen molar-refractivity contribution in [3.63, 3.8) is 0 Å². The number of aliphatic hydroxyl groups is 1. The Morgan fingerprint density at radius 2 is 2.00 bits per heavy atom. The Labute approximate surface area is 182 Å². The van der Waals surface area contributed by atoms with Crippen LogP contribution in [0, 0.1) is 5.41 Å². The van der Waals surface area contributed by atoms with Gasteiger partial charge in [0, 0.05) is 38.0 Å². The number of likely N-dealkylation sites (N-methyl/N-ethyl adjacent to an activating group) is 1. The molecule has 0 spiro atoms. The van der Waals surface area contributed by atoms with E-state index in [1.165, 1.54) is 12.1 Å². The van der Waals surface area contributed by atoms with Crippen LogP contribution in [-0.4, -0.2) is 52.6 Å². The second kappa shape index (κ2) is 8.81. The molecule has 0 aromatic carbocycles. The molecule has 0 atom stereocenters. The van der Waals surface area contributed by atoms with E-state index >= 15 is 0 Å². The fourth-order valence-electron chi connectivity index (χ4n) is 3.68. The predicted molar refractivity (Wildman–Crippen MR) is 117 cm³/mol. The Morgan fingerprint density at radius 3 is 2.65 bits per heavy atom. The average molecular weight is 428 g/mol. The van der Waals surface area contributed by atoms with Crippen LogP contribution in [0.4, 0.5) is 5.82 Å². The highest BCUT2D eigenvalue weighted by Crippen LogP contribution is 2.28. The molecule has 1 aromatic rings. The SMILES string of the molecule is CN(C)C1=CC(=N)/C(=C\N[C@H]2CC[C@](C)(O)CC2)C=C1NC(=O)c1cccc(N)[n+]1O. The number of carbonyl (C=O) groups is 1. The number of carbonyl (C=O) groups excluding carboxylic acids is 1. The molecule has 166 valence electrons. The van der Waals surface area contributed by atoms with Gasteiger partial charge in [-0.25, -0.2) is 0 Å². The predicted octanol–water partition coefficient (Wildman–Crippen LogP) is 1.05. The molecule has 0 unspecified atom stereocenters. The van der Waals surface area contributed by atoms with Gasteiger partial charge in [-0.05, 0) is 61.6 Å². The lowest BCUT2D eigenvalue weighted by atomic mass is 9.84. The molecular formula is C22H31N6O3+. The standard InChI is InChI=1S/C22H30N6O3/c1-22(30)9-7-15(8-10-22)25-13-14-11-17(19(27(2)3)12-16(14)23)26-21(29)18-5-4-6-20(24)28(18)31/h4-6,11-13,15,30-31H,7-10H2,1-3H3,(H4,23,24,25,26,29)/p+1/t15-,22-. The Kier molecular flexibility index (Phi) is 6.35. The summed E-state index contributed by atoms with van der Waals surface area (Å²) < 4.78 is 0.635. The highest BCUT2D eigenvalue weighted by atomic mass is 16.5. The summed E-state index contributed by atoms with van der Waals surface area (Å²) in [6.45, 7) is 1.86. The Bertz CT molecular complexity index is 967. The van der Waals surface area contributed by atoms with Gasteiger partial charge < -0.3 is 31.3 Å². The zero-order valence-electron chi connectivity index (χ0n) is 18.1. The fraction of sp³-hybridized carbons (Fsp3) is 0.409. The minimum atomic E-state index is -0.603. The minimum absolute atomic E-state index is 0.00225. The number of hydrogen-bond acceptors (Lipinski definition) is 7. The molecule has 9 heteroatoms. The van der Waals surface area contributed by atoms with E-state index in [2.05, 4.69) is 10.6 Å². The number of nitrogens with one attached hydrogen (secondary N) is 3. The normalized spacial score (nSPS) is 25.0. The molecule has 0 radical (unpaired) electrons. The van der Waals surface area contributed by atoms with Gasteiger partial charge in [-0.3, -0.25) is 10.5 Å². The highest BCUT2D eigenvalue weighted by molar-refractivity contribution is 6.10. The average Bonchev–Trinajstić information content (AvgIpc) is 2.70. The molecule has 31 heavy (non-hydrogen) atoms. The summed E-state index contributed by atoms with van der Waals surface area (Å²) in [5.74, 6) is -0.476. The van der Waals surface area contributed by atoms with E-state index in [4.69, 9.17) is 11.1 Å². The van der Waals surface area contributed by atoms with Crippen molar-refractivity contribution >= 4 is 17.4 Å². The summed E-state index contributed by atoms with van der Waals surface area (Å²) in [6, 6.07) is 4.76. The molecule has 1 aromatic heterocycles. The van der Waals surface area contributed by atoms with E-state index in [0.29, 0.717) is 27.4 Å². The van der Waals surface area contributed by atoms with Crippen molar-refractivity contribution in [3.8, 4) is 0 Å². The number of anilines is 1. The molecule has 1 heterocycles. The molecule has 0 saturated heterocycles. The van der Waals surface area contributed by atoms with Crippen molar-refractivity contribution in [2.45, 2.75) is 44.2 Å². The van der Waals surface area contributed by atoms with Crippen molar-refractivity contribution in [1.29, 1.82) is 5.41 Å². The van der Waals surface area contributed by atoms with Crippen molar-refractivity contribution < 1.29 is 19.8 Å². The first-order valence-corrected chi connectivity index (χ1v) is 10.3. The third kappa shape index (κ3) is 5.24. The second-order valence-electron chi connectivity index (χ2n) is 8.54. The van der Waals surface area contributed by atoms with E-state index in [1.807, 2.05) is 21.0 Å². The topological polar surface area (TPSA) is 139 Å². The summed E-state index contributed by atoms with van der Waals surface area (Å²) in [7, 11) is 3.65. The molecule has 9 nitrogen and oxygen atoms in total. The lowest BCUT2D eigenvalue weighted by Crippen LogP contribution is -2.44. The van der Waals surface area contributed by atoms with Crippen molar-refractivity contribution in [1.82, 2.24) is 15.5 Å². The lowest BCUT2D eigenvalue weighted by Gasteiger charge is -2.33. The van der Waals surface area contributed by atoms with Gasteiger partial charge in [0.05, 0.1) is 22.7 Å². The van der Waals surface area contributed by atoms with Crippen molar-refractivity contribution in [3.05, 3.63) is 59.2 Å². The smallest absolute Gasteiger partial charge is 0.312 e. The highest BCUT2D eigenvalue weighted by Gasteiger charge is 2.28. The molecule has 2 aliphatic carbocycles. The number of amides is 1. The maximum Gasteiger partial charge on any atom is 0.312 e. The molecule has 1 saturated carbocycles. The quantitative estimate of drug-likeness (QED) is 0.307. The number of aromatic nitrogens is 1. The van der Waals surface area contributed by atoms with Crippen LogP contribution in [0.1, 0.15) is 43.1 Å². The first-order chi connectivity index (χ1) is 14.6. The summed E-state index contributed by atoms with van der Waals surface area (Å²) >= 11 is 0. The molecule has 0 bridgehead atoms. The van der Waals surface area contributed by atoms with Crippen molar-refractivity contribution in [2.24, 2.45) is 0 Å². The van der Waals surface area contributed by atoms with Crippen LogP contribution >= 0.6 is 0 Å². The first-order valence-electron chi connectivity index (χ1n) is 10.3. The van der Waals surface area contributed by atoms with Crippen LogP contribution in [0.15, 0.2) is 53.5 Å². The number of rotatable bonds is 5. The molecular weight excluding hydrogens is 396 g/mol. The number of allylic oxidation sites excluding steroid dienone is 3. The summed E-state index contributed by atoms with van der Waals surface area (Å²) in [4.78, 5) is 14.6. The summed E-state index contributed by atoms with van der Waals surface area (Å²) in [5, 5.41) is 34.7. The Hall–Kier alpha value is -3.33. The molecule has 3 rings (SSSR count). The maximum absolute atomic E-state index is 12.8. The zero-order chi connectivity index (χ0) is 22.8. The van der Waals surface area contributed by atoms with E-state index in [0.717, 1.165) is 25.7 Å².